The molecule has 0 atom stereocenters. The van der Waals surface area contributed by atoms with Gasteiger partial charge in [0.15, 0.2) is 0 Å². The molecule has 1 aromatic carbocycles. The molecule has 19 heavy (non-hydrogen) atoms. The summed E-state index contributed by atoms with van der Waals surface area (Å²) in [6.07, 6.45) is 0. The van der Waals surface area contributed by atoms with E-state index in [1.807, 2.05) is 0 Å². The van der Waals surface area contributed by atoms with Crippen LogP contribution in [0.2, 0.25) is 0 Å². The normalized spacial score (nSPS) is 11.3. The molecular weight excluding hydrogens is 273 g/mol. The van der Waals surface area contributed by atoms with Crippen molar-refractivity contribution in [2.45, 2.75) is 18.7 Å². The minimum atomic E-state index is -3.86. The predicted molar refractivity (Wildman–Crippen MR) is 69.4 cm³/mol. The molecule has 0 aliphatic rings. The predicted octanol–water partition coefficient (Wildman–Crippen LogP) is 0.131. The second-order valence-corrected chi connectivity index (χ2v) is 5.74. The van der Waals surface area contributed by atoms with Crippen molar-refractivity contribution in [2.24, 2.45) is 0 Å². The van der Waals surface area contributed by atoms with Crippen molar-refractivity contribution in [1.29, 1.82) is 0 Å². The molecule has 0 bridgehead atoms. The summed E-state index contributed by atoms with van der Waals surface area (Å²) in [4.78, 5) is 10.4. The van der Waals surface area contributed by atoms with Crippen molar-refractivity contribution in [1.82, 2.24) is 10.0 Å². The molecular formula is C11H16FN3O3S. The zero-order valence-corrected chi connectivity index (χ0v) is 11.5. The van der Waals surface area contributed by atoms with Crippen LogP contribution in [-0.2, 0) is 14.8 Å². The lowest BCUT2D eigenvalue weighted by atomic mass is 10.2. The molecule has 0 aromatic heterocycles. The number of carbonyl (C=O) groups is 1. The fourth-order valence-electron chi connectivity index (χ4n) is 1.45. The summed E-state index contributed by atoms with van der Waals surface area (Å²) in [6.45, 7) is 2.85. The van der Waals surface area contributed by atoms with Crippen molar-refractivity contribution in [2.75, 3.05) is 18.8 Å². The SMILES string of the molecule is CC(=O)NCCNS(=O)(=O)c1cc(N)cc(F)c1C. The highest BCUT2D eigenvalue weighted by Gasteiger charge is 2.19. The van der Waals surface area contributed by atoms with Crippen LogP contribution >= 0.6 is 0 Å². The maximum atomic E-state index is 13.4. The first-order chi connectivity index (χ1) is 8.74. The summed E-state index contributed by atoms with van der Waals surface area (Å²) in [7, 11) is -3.86. The van der Waals surface area contributed by atoms with Gasteiger partial charge in [-0.05, 0) is 19.1 Å². The molecule has 0 saturated heterocycles. The van der Waals surface area contributed by atoms with Gasteiger partial charge in [0.05, 0.1) is 4.90 Å². The van der Waals surface area contributed by atoms with Crippen LogP contribution in [0.1, 0.15) is 12.5 Å². The minimum Gasteiger partial charge on any atom is -0.399 e. The van der Waals surface area contributed by atoms with Gasteiger partial charge in [0.25, 0.3) is 0 Å². The number of halogens is 1. The van der Waals surface area contributed by atoms with Gasteiger partial charge >= 0.3 is 0 Å². The summed E-state index contributed by atoms with van der Waals surface area (Å²) in [5.74, 6) is -0.937. The van der Waals surface area contributed by atoms with E-state index in [0.29, 0.717) is 0 Å². The highest BCUT2D eigenvalue weighted by atomic mass is 32.2. The second-order valence-electron chi connectivity index (χ2n) is 4.01. The third-order valence-corrected chi connectivity index (χ3v) is 3.99. The Morgan fingerprint density at radius 2 is 2.00 bits per heavy atom. The van der Waals surface area contributed by atoms with Gasteiger partial charge in [-0.3, -0.25) is 4.79 Å². The molecule has 0 spiro atoms. The summed E-state index contributed by atoms with van der Waals surface area (Å²) in [5.41, 5.74) is 5.46. The third kappa shape index (κ3) is 4.18. The van der Waals surface area contributed by atoms with Crippen LogP contribution in [-0.4, -0.2) is 27.4 Å². The van der Waals surface area contributed by atoms with Crippen LogP contribution in [0.3, 0.4) is 0 Å². The van der Waals surface area contributed by atoms with E-state index in [2.05, 4.69) is 10.0 Å². The second kappa shape index (κ2) is 5.98. The lowest BCUT2D eigenvalue weighted by Crippen LogP contribution is -2.34. The molecule has 0 aliphatic heterocycles. The quantitative estimate of drug-likeness (QED) is 0.530. The number of rotatable bonds is 5. The Morgan fingerprint density at radius 3 is 2.58 bits per heavy atom. The summed E-state index contributed by atoms with van der Waals surface area (Å²) in [6, 6.07) is 2.25. The van der Waals surface area contributed by atoms with E-state index in [-0.39, 0.29) is 35.1 Å². The van der Waals surface area contributed by atoms with Gasteiger partial charge in [0, 0.05) is 31.3 Å². The Morgan fingerprint density at radius 1 is 1.37 bits per heavy atom. The van der Waals surface area contributed by atoms with E-state index in [0.717, 1.165) is 6.07 Å². The summed E-state index contributed by atoms with van der Waals surface area (Å²) >= 11 is 0. The first kappa shape index (κ1) is 15.4. The Kier molecular flexibility index (Phi) is 4.84. The van der Waals surface area contributed by atoms with Crippen LogP contribution in [0, 0.1) is 12.7 Å². The smallest absolute Gasteiger partial charge is 0.241 e. The molecule has 1 amide bonds. The molecule has 4 N–H and O–H groups in total. The number of benzene rings is 1. The van der Waals surface area contributed by atoms with E-state index in [9.17, 15) is 17.6 Å². The lowest BCUT2D eigenvalue weighted by molar-refractivity contribution is -0.118. The summed E-state index contributed by atoms with van der Waals surface area (Å²) in [5, 5.41) is 2.44. The molecule has 0 heterocycles. The molecule has 106 valence electrons. The van der Waals surface area contributed by atoms with E-state index < -0.39 is 15.8 Å². The molecule has 0 fully saturated rings. The Labute approximate surface area is 111 Å². The highest BCUT2D eigenvalue weighted by molar-refractivity contribution is 7.89. The Hall–Kier alpha value is -1.67. The number of sulfonamides is 1. The number of amides is 1. The number of nitrogen functional groups attached to an aromatic ring is 1. The van der Waals surface area contributed by atoms with Crippen molar-refractivity contribution in [3.63, 3.8) is 0 Å². The standard InChI is InChI=1S/C11H16FN3O3S/c1-7-10(12)5-9(13)6-11(7)19(17,18)15-4-3-14-8(2)16/h5-6,15H,3-4,13H2,1-2H3,(H,14,16). The van der Waals surface area contributed by atoms with Crippen LogP contribution in [0.4, 0.5) is 10.1 Å². The fraction of sp³-hybridized carbons (Fsp3) is 0.364. The number of anilines is 1. The van der Waals surface area contributed by atoms with Crippen LogP contribution in [0.15, 0.2) is 17.0 Å². The number of hydrogen-bond donors (Lipinski definition) is 3. The zero-order valence-electron chi connectivity index (χ0n) is 10.7. The molecule has 0 unspecified atom stereocenters. The fourth-order valence-corrected chi connectivity index (χ4v) is 2.77. The lowest BCUT2D eigenvalue weighted by Gasteiger charge is -2.11. The van der Waals surface area contributed by atoms with Gasteiger partial charge in [0.1, 0.15) is 5.82 Å². The Balaban J connectivity index is 2.86. The Bertz CT molecular complexity index is 587. The molecule has 6 nitrogen and oxygen atoms in total. The average Bonchev–Trinajstić information content (AvgIpc) is 2.29. The first-order valence-corrected chi connectivity index (χ1v) is 7.02. The number of hydrogen-bond acceptors (Lipinski definition) is 4. The molecule has 0 radical (unpaired) electrons. The van der Waals surface area contributed by atoms with E-state index in [1.165, 1.54) is 19.9 Å². The molecule has 0 aliphatic carbocycles. The van der Waals surface area contributed by atoms with Crippen molar-refractivity contribution >= 4 is 21.6 Å². The van der Waals surface area contributed by atoms with Gasteiger partial charge < -0.3 is 11.1 Å². The molecule has 1 aromatic rings. The maximum Gasteiger partial charge on any atom is 0.241 e. The molecule has 8 heteroatoms. The average molecular weight is 289 g/mol. The largest absolute Gasteiger partial charge is 0.399 e. The monoisotopic (exact) mass is 289 g/mol. The molecule has 1 rings (SSSR count). The number of carbonyl (C=O) groups excluding carboxylic acids is 1. The van der Waals surface area contributed by atoms with Crippen LogP contribution in [0.5, 0.6) is 0 Å². The highest BCUT2D eigenvalue weighted by Crippen LogP contribution is 2.21. The minimum absolute atomic E-state index is 0.00114. The third-order valence-electron chi connectivity index (χ3n) is 2.40. The van der Waals surface area contributed by atoms with E-state index in [1.54, 1.807) is 0 Å². The maximum absolute atomic E-state index is 13.4. The number of nitrogens with one attached hydrogen (secondary N) is 2. The van der Waals surface area contributed by atoms with Gasteiger partial charge in [-0.1, -0.05) is 0 Å². The van der Waals surface area contributed by atoms with Crippen molar-refractivity contribution < 1.29 is 17.6 Å². The molecule has 0 saturated carbocycles. The van der Waals surface area contributed by atoms with Gasteiger partial charge in [-0.2, -0.15) is 0 Å². The van der Waals surface area contributed by atoms with Crippen LogP contribution in [0.25, 0.3) is 0 Å². The first-order valence-electron chi connectivity index (χ1n) is 5.54. The summed E-state index contributed by atoms with van der Waals surface area (Å²) < 4.78 is 39.6. The van der Waals surface area contributed by atoms with E-state index >= 15 is 0 Å². The number of nitrogens with two attached hydrogens (primary N) is 1. The van der Waals surface area contributed by atoms with E-state index in [4.69, 9.17) is 5.73 Å². The van der Waals surface area contributed by atoms with Gasteiger partial charge in [-0.25, -0.2) is 17.5 Å². The zero-order chi connectivity index (χ0) is 14.6. The topological polar surface area (TPSA) is 101 Å². The van der Waals surface area contributed by atoms with Crippen LogP contribution < -0.4 is 15.8 Å². The van der Waals surface area contributed by atoms with Crippen molar-refractivity contribution in [3.8, 4) is 0 Å². The van der Waals surface area contributed by atoms with Gasteiger partial charge in [-0.15, -0.1) is 0 Å². The van der Waals surface area contributed by atoms with Gasteiger partial charge in [0.2, 0.25) is 15.9 Å². The van der Waals surface area contributed by atoms with Crippen molar-refractivity contribution in [3.05, 3.63) is 23.5 Å².